The Morgan fingerprint density at radius 2 is 1.83 bits per heavy atom. The lowest BCUT2D eigenvalue weighted by Gasteiger charge is -2.10. The van der Waals surface area contributed by atoms with E-state index in [2.05, 4.69) is 11.4 Å². The number of hydrogen-bond acceptors (Lipinski definition) is 2. The van der Waals surface area contributed by atoms with E-state index in [1.165, 1.54) is 6.07 Å². The van der Waals surface area contributed by atoms with Crippen LogP contribution < -0.4 is 5.32 Å². The SMILES string of the molecule is N#Cc1c(NC(=O)c2ccc(Cl)cc2Cl)ccc2ccccc12. The smallest absolute Gasteiger partial charge is 0.257 e. The van der Waals surface area contributed by atoms with Crippen molar-refractivity contribution in [3.05, 3.63) is 75.8 Å². The summed E-state index contributed by atoms with van der Waals surface area (Å²) in [6, 6.07) is 17.9. The Labute approximate surface area is 143 Å². The van der Waals surface area contributed by atoms with Gasteiger partial charge in [0, 0.05) is 10.4 Å². The van der Waals surface area contributed by atoms with Crippen molar-refractivity contribution in [3.63, 3.8) is 0 Å². The molecule has 0 aliphatic rings. The van der Waals surface area contributed by atoms with Gasteiger partial charge in [0.1, 0.15) is 6.07 Å². The van der Waals surface area contributed by atoms with Gasteiger partial charge in [-0.1, -0.05) is 53.5 Å². The quantitative estimate of drug-likeness (QED) is 0.690. The normalized spacial score (nSPS) is 10.3. The first-order valence-electron chi connectivity index (χ1n) is 6.78. The third kappa shape index (κ3) is 3.00. The Balaban J connectivity index is 2.01. The molecular formula is C18H10Cl2N2O. The lowest BCUT2D eigenvalue weighted by Crippen LogP contribution is -2.13. The number of amides is 1. The van der Waals surface area contributed by atoms with E-state index in [1.54, 1.807) is 18.2 Å². The van der Waals surface area contributed by atoms with Crippen LogP contribution in [0.1, 0.15) is 15.9 Å². The molecule has 0 fully saturated rings. The lowest BCUT2D eigenvalue weighted by atomic mass is 10.0. The summed E-state index contributed by atoms with van der Waals surface area (Å²) in [6.07, 6.45) is 0. The molecule has 3 aromatic carbocycles. The minimum atomic E-state index is -0.390. The van der Waals surface area contributed by atoms with Gasteiger partial charge < -0.3 is 5.32 Å². The van der Waals surface area contributed by atoms with Gasteiger partial charge in [0.05, 0.1) is 21.8 Å². The highest BCUT2D eigenvalue weighted by molar-refractivity contribution is 6.37. The highest BCUT2D eigenvalue weighted by Crippen LogP contribution is 2.27. The summed E-state index contributed by atoms with van der Waals surface area (Å²) in [5, 5.41) is 14.6. The van der Waals surface area contributed by atoms with E-state index < -0.39 is 5.91 Å². The number of hydrogen-bond donors (Lipinski definition) is 1. The molecule has 0 unspecified atom stereocenters. The van der Waals surface area contributed by atoms with Gasteiger partial charge in [-0.05, 0) is 29.7 Å². The minimum Gasteiger partial charge on any atom is -0.321 e. The summed E-state index contributed by atoms with van der Waals surface area (Å²) in [4.78, 5) is 12.4. The van der Waals surface area contributed by atoms with Crippen LogP contribution >= 0.6 is 23.2 Å². The van der Waals surface area contributed by atoms with Crippen LogP contribution in [0.25, 0.3) is 10.8 Å². The molecule has 0 bridgehead atoms. The number of anilines is 1. The second kappa shape index (κ2) is 6.29. The average Bonchev–Trinajstić information content (AvgIpc) is 2.54. The predicted octanol–water partition coefficient (Wildman–Crippen LogP) is 5.27. The van der Waals surface area contributed by atoms with E-state index in [1.807, 2.05) is 30.3 Å². The number of nitrogens with zero attached hydrogens (tertiary/aromatic N) is 1. The summed E-state index contributed by atoms with van der Waals surface area (Å²) in [5.41, 5.74) is 1.16. The second-order valence-corrected chi connectivity index (χ2v) is 5.74. The van der Waals surface area contributed by atoms with Crippen LogP contribution in [0.4, 0.5) is 5.69 Å². The molecule has 5 heteroatoms. The number of carbonyl (C=O) groups excluding carboxylic acids is 1. The number of nitrogens with one attached hydrogen (secondary N) is 1. The molecule has 0 saturated carbocycles. The summed E-state index contributed by atoms with van der Waals surface area (Å²) in [5.74, 6) is -0.390. The van der Waals surface area contributed by atoms with Crippen molar-refractivity contribution < 1.29 is 4.79 Å². The molecule has 0 heterocycles. The van der Waals surface area contributed by atoms with Crippen LogP contribution in [0.15, 0.2) is 54.6 Å². The van der Waals surface area contributed by atoms with E-state index in [-0.39, 0.29) is 5.02 Å². The van der Waals surface area contributed by atoms with E-state index in [9.17, 15) is 10.1 Å². The molecule has 0 atom stereocenters. The number of rotatable bonds is 2. The zero-order valence-corrected chi connectivity index (χ0v) is 13.3. The average molecular weight is 341 g/mol. The number of benzene rings is 3. The van der Waals surface area contributed by atoms with Crippen LogP contribution in [0.3, 0.4) is 0 Å². The van der Waals surface area contributed by atoms with Crippen molar-refractivity contribution in [2.45, 2.75) is 0 Å². The fraction of sp³-hybridized carbons (Fsp3) is 0. The number of fused-ring (bicyclic) bond motifs is 1. The van der Waals surface area contributed by atoms with Gasteiger partial charge in [-0.25, -0.2) is 0 Å². The van der Waals surface area contributed by atoms with Crippen molar-refractivity contribution in [1.82, 2.24) is 0 Å². The molecule has 0 aromatic heterocycles. The van der Waals surface area contributed by atoms with Crippen LogP contribution in [0, 0.1) is 11.3 Å². The second-order valence-electron chi connectivity index (χ2n) is 4.90. The topological polar surface area (TPSA) is 52.9 Å². The molecule has 3 nitrogen and oxygen atoms in total. The Kier molecular flexibility index (Phi) is 4.20. The zero-order chi connectivity index (χ0) is 16.4. The number of nitriles is 1. The van der Waals surface area contributed by atoms with E-state index in [4.69, 9.17) is 23.2 Å². The van der Waals surface area contributed by atoms with Crippen LogP contribution in [-0.4, -0.2) is 5.91 Å². The highest BCUT2D eigenvalue weighted by atomic mass is 35.5. The molecule has 3 rings (SSSR count). The van der Waals surface area contributed by atoms with E-state index in [0.717, 1.165) is 10.8 Å². The lowest BCUT2D eigenvalue weighted by molar-refractivity contribution is 0.102. The standard InChI is InChI=1S/C18H10Cl2N2O/c19-12-6-7-14(16(20)9-12)18(23)22-17-8-5-11-3-1-2-4-13(11)15(17)10-21/h1-9H,(H,22,23). The molecule has 0 radical (unpaired) electrons. The maximum atomic E-state index is 12.4. The van der Waals surface area contributed by atoms with Crippen LogP contribution in [-0.2, 0) is 0 Å². The molecule has 3 aromatic rings. The van der Waals surface area contributed by atoms with Gasteiger partial charge in [0.25, 0.3) is 5.91 Å². The maximum Gasteiger partial charge on any atom is 0.257 e. The largest absolute Gasteiger partial charge is 0.321 e. The molecule has 0 saturated heterocycles. The molecule has 23 heavy (non-hydrogen) atoms. The van der Waals surface area contributed by atoms with Crippen molar-refractivity contribution in [3.8, 4) is 6.07 Å². The third-order valence-electron chi connectivity index (χ3n) is 3.46. The van der Waals surface area contributed by atoms with E-state index in [0.29, 0.717) is 21.8 Å². The van der Waals surface area contributed by atoms with Gasteiger partial charge in [0.2, 0.25) is 0 Å². The van der Waals surface area contributed by atoms with Crippen molar-refractivity contribution in [1.29, 1.82) is 5.26 Å². The van der Waals surface area contributed by atoms with Crippen molar-refractivity contribution in [2.24, 2.45) is 0 Å². The van der Waals surface area contributed by atoms with Crippen LogP contribution in [0.5, 0.6) is 0 Å². The summed E-state index contributed by atoms with van der Waals surface area (Å²) in [6.45, 7) is 0. The van der Waals surface area contributed by atoms with Crippen molar-refractivity contribution >= 4 is 45.6 Å². The molecule has 0 aliphatic heterocycles. The molecule has 1 amide bonds. The first kappa shape index (κ1) is 15.4. The molecule has 112 valence electrons. The predicted molar refractivity (Wildman–Crippen MR) is 93.1 cm³/mol. The first-order valence-corrected chi connectivity index (χ1v) is 7.54. The summed E-state index contributed by atoms with van der Waals surface area (Å²) in [7, 11) is 0. The minimum absolute atomic E-state index is 0.259. The Bertz CT molecular complexity index is 961. The maximum absolute atomic E-state index is 12.4. The van der Waals surface area contributed by atoms with Gasteiger partial charge in [-0.2, -0.15) is 5.26 Å². The van der Waals surface area contributed by atoms with Gasteiger partial charge in [-0.3, -0.25) is 4.79 Å². The van der Waals surface area contributed by atoms with Crippen molar-refractivity contribution in [2.75, 3.05) is 5.32 Å². The van der Waals surface area contributed by atoms with Gasteiger partial charge in [0.15, 0.2) is 0 Å². The summed E-state index contributed by atoms with van der Waals surface area (Å²) >= 11 is 11.9. The molecule has 0 spiro atoms. The molecule has 1 N–H and O–H groups in total. The number of halogens is 2. The fourth-order valence-electron chi connectivity index (χ4n) is 2.36. The van der Waals surface area contributed by atoms with Gasteiger partial charge >= 0.3 is 0 Å². The number of carbonyl (C=O) groups is 1. The Morgan fingerprint density at radius 1 is 1.04 bits per heavy atom. The Hall–Kier alpha value is -2.54. The monoisotopic (exact) mass is 340 g/mol. The molecular weight excluding hydrogens is 331 g/mol. The zero-order valence-electron chi connectivity index (χ0n) is 11.8. The van der Waals surface area contributed by atoms with Gasteiger partial charge in [-0.15, -0.1) is 0 Å². The summed E-state index contributed by atoms with van der Waals surface area (Å²) < 4.78 is 0. The third-order valence-corrected chi connectivity index (χ3v) is 4.01. The van der Waals surface area contributed by atoms with Crippen LogP contribution in [0.2, 0.25) is 10.0 Å². The molecule has 0 aliphatic carbocycles. The first-order chi connectivity index (χ1) is 11.1. The van der Waals surface area contributed by atoms with E-state index >= 15 is 0 Å². The fourth-order valence-corrected chi connectivity index (χ4v) is 2.85. The highest BCUT2D eigenvalue weighted by Gasteiger charge is 2.14. The Morgan fingerprint density at radius 3 is 2.57 bits per heavy atom.